The largest absolute Gasteiger partial charge is 0.445 e. The Morgan fingerprint density at radius 3 is 1.04 bits per heavy atom. The van der Waals surface area contributed by atoms with Gasteiger partial charge in [-0.1, -0.05) is 30.3 Å². The minimum atomic E-state index is -0.470. The summed E-state index contributed by atoms with van der Waals surface area (Å²) in [7, 11) is 4.04. The van der Waals surface area contributed by atoms with Gasteiger partial charge in [0.25, 0.3) is 0 Å². The Hall–Kier alpha value is -2.03. The monoisotopic (exact) mass is 750 g/mol. The van der Waals surface area contributed by atoms with Crippen LogP contribution in [0.3, 0.4) is 0 Å². The molecular formula is C36H66N2O14. The lowest BCUT2D eigenvalue weighted by Gasteiger charge is -2.10. The molecule has 0 fully saturated rings. The zero-order valence-corrected chi connectivity index (χ0v) is 31.6. The molecule has 52 heavy (non-hydrogen) atoms. The Morgan fingerprint density at radius 2 is 0.731 bits per heavy atom. The zero-order chi connectivity index (χ0) is 37.3. The van der Waals surface area contributed by atoms with Crippen LogP contribution in [-0.4, -0.2) is 197 Å². The van der Waals surface area contributed by atoms with Crippen LogP contribution in [-0.2, 0) is 68.2 Å². The number of ether oxygens (including phenoxy) is 13. The van der Waals surface area contributed by atoms with Crippen LogP contribution in [0.25, 0.3) is 0 Å². The number of nitrogens with zero attached hydrogens (tertiary/aromatic N) is 1. The van der Waals surface area contributed by atoms with E-state index in [9.17, 15) is 4.79 Å². The lowest BCUT2D eigenvalue weighted by atomic mass is 10.2. The molecule has 0 spiro atoms. The van der Waals surface area contributed by atoms with E-state index in [0.29, 0.717) is 165 Å². The molecule has 0 heterocycles. The molecule has 304 valence electrons. The van der Waals surface area contributed by atoms with Crippen LogP contribution >= 0.6 is 0 Å². The van der Waals surface area contributed by atoms with Crippen molar-refractivity contribution in [2.24, 2.45) is 0 Å². The van der Waals surface area contributed by atoms with Crippen LogP contribution < -0.4 is 5.32 Å². The Labute approximate surface area is 310 Å². The predicted octanol–water partition coefficient (Wildman–Crippen LogP) is 1.67. The molecule has 0 radical (unpaired) electrons. The quantitative estimate of drug-likeness (QED) is 0.0966. The van der Waals surface area contributed by atoms with Crippen molar-refractivity contribution in [3.63, 3.8) is 0 Å². The topological polar surface area (TPSA) is 152 Å². The lowest BCUT2D eigenvalue weighted by Crippen LogP contribution is -2.28. The van der Waals surface area contributed by atoms with Gasteiger partial charge in [0.15, 0.2) is 0 Å². The van der Waals surface area contributed by atoms with Crippen molar-refractivity contribution in [1.29, 1.82) is 0 Å². The van der Waals surface area contributed by atoms with E-state index >= 15 is 0 Å². The molecule has 0 bridgehead atoms. The van der Waals surface area contributed by atoms with Gasteiger partial charge in [0.1, 0.15) is 6.61 Å². The second-order valence-electron chi connectivity index (χ2n) is 11.1. The summed E-state index contributed by atoms with van der Waals surface area (Å²) in [5.74, 6) is 0. The standard InChI is InChI=1S/C36H66N2O14/c1-38(2)9-11-41-13-15-43-17-19-45-21-23-47-25-27-49-29-31-51-33-32-50-30-28-48-26-24-46-22-20-44-18-16-42-14-12-40-10-8-37-36(39)52-34-35-6-4-3-5-7-35/h3-7H,8-34H2,1-2H3,(H,37,39). The number of benzene rings is 1. The van der Waals surface area contributed by atoms with Gasteiger partial charge in [-0.25, -0.2) is 4.79 Å². The van der Waals surface area contributed by atoms with E-state index in [2.05, 4.69) is 10.2 Å². The number of likely N-dealkylation sites (N-methyl/N-ethyl adjacent to an activating group) is 1. The lowest BCUT2D eigenvalue weighted by molar-refractivity contribution is -0.0284. The molecule has 1 amide bonds. The zero-order valence-electron chi connectivity index (χ0n) is 31.6. The van der Waals surface area contributed by atoms with Crippen molar-refractivity contribution < 1.29 is 66.4 Å². The van der Waals surface area contributed by atoms with Crippen LogP contribution in [0.15, 0.2) is 30.3 Å². The Kier molecular flexibility index (Phi) is 37.1. The Balaban J connectivity index is 1.62. The summed E-state index contributed by atoms with van der Waals surface area (Å²) in [6.45, 7) is 13.7. The molecule has 1 N–H and O–H groups in total. The van der Waals surface area contributed by atoms with Gasteiger partial charge in [0.05, 0.1) is 159 Å². The highest BCUT2D eigenvalue weighted by Crippen LogP contribution is 2.00. The number of hydrogen-bond donors (Lipinski definition) is 1. The van der Waals surface area contributed by atoms with Gasteiger partial charge >= 0.3 is 6.09 Å². The van der Waals surface area contributed by atoms with Gasteiger partial charge < -0.3 is 71.8 Å². The maximum Gasteiger partial charge on any atom is 0.407 e. The van der Waals surface area contributed by atoms with Crippen molar-refractivity contribution in [3.05, 3.63) is 35.9 Å². The summed E-state index contributed by atoms with van der Waals surface area (Å²) in [6.07, 6.45) is -0.470. The summed E-state index contributed by atoms with van der Waals surface area (Å²) >= 11 is 0. The number of nitrogens with one attached hydrogen (secondary N) is 1. The summed E-state index contributed by atoms with van der Waals surface area (Å²) in [4.78, 5) is 13.7. The molecule has 16 nitrogen and oxygen atoms in total. The molecule has 0 aromatic heterocycles. The maximum atomic E-state index is 11.6. The van der Waals surface area contributed by atoms with Gasteiger partial charge in [0.2, 0.25) is 0 Å². The minimum Gasteiger partial charge on any atom is -0.445 e. The first-order valence-electron chi connectivity index (χ1n) is 18.2. The highest BCUT2D eigenvalue weighted by Gasteiger charge is 2.02. The smallest absolute Gasteiger partial charge is 0.407 e. The third kappa shape index (κ3) is 37.7. The van der Waals surface area contributed by atoms with E-state index < -0.39 is 6.09 Å². The number of carbonyl (C=O) groups excluding carboxylic acids is 1. The molecule has 0 saturated carbocycles. The van der Waals surface area contributed by atoms with Crippen molar-refractivity contribution in [2.45, 2.75) is 6.61 Å². The van der Waals surface area contributed by atoms with Gasteiger partial charge in [-0.15, -0.1) is 0 Å². The third-order valence-electron chi connectivity index (χ3n) is 6.50. The fourth-order valence-corrected chi connectivity index (χ4v) is 3.77. The molecular weight excluding hydrogens is 684 g/mol. The van der Waals surface area contributed by atoms with Crippen molar-refractivity contribution in [3.8, 4) is 0 Å². The predicted molar refractivity (Wildman–Crippen MR) is 193 cm³/mol. The van der Waals surface area contributed by atoms with Crippen LogP contribution in [0, 0.1) is 0 Å². The third-order valence-corrected chi connectivity index (χ3v) is 6.50. The normalized spacial score (nSPS) is 11.4. The van der Waals surface area contributed by atoms with Crippen LogP contribution in [0.4, 0.5) is 4.79 Å². The fraction of sp³-hybridized carbons (Fsp3) is 0.806. The van der Waals surface area contributed by atoms with Gasteiger partial charge in [-0.2, -0.15) is 0 Å². The Morgan fingerprint density at radius 1 is 0.442 bits per heavy atom. The number of alkyl carbamates (subject to hydrolysis) is 1. The summed E-state index contributed by atoms with van der Waals surface area (Å²) in [5.41, 5.74) is 0.937. The van der Waals surface area contributed by atoms with Crippen molar-refractivity contribution in [2.75, 3.05) is 186 Å². The summed E-state index contributed by atoms with van der Waals surface area (Å²) in [5, 5.41) is 2.64. The maximum absolute atomic E-state index is 11.6. The molecule has 16 heteroatoms. The van der Waals surface area contributed by atoms with E-state index in [1.165, 1.54) is 0 Å². The summed E-state index contributed by atoms with van der Waals surface area (Å²) in [6, 6.07) is 9.51. The average Bonchev–Trinajstić information content (AvgIpc) is 3.15. The number of hydrogen-bond acceptors (Lipinski definition) is 15. The van der Waals surface area contributed by atoms with Crippen LogP contribution in [0.5, 0.6) is 0 Å². The highest BCUT2D eigenvalue weighted by molar-refractivity contribution is 5.67. The molecule has 0 aliphatic rings. The highest BCUT2D eigenvalue weighted by atomic mass is 16.6. The molecule has 1 aromatic carbocycles. The van der Waals surface area contributed by atoms with E-state index in [0.717, 1.165) is 12.1 Å². The van der Waals surface area contributed by atoms with Crippen LogP contribution in [0.1, 0.15) is 5.56 Å². The van der Waals surface area contributed by atoms with Crippen molar-refractivity contribution in [1.82, 2.24) is 10.2 Å². The van der Waals surface area contributed by atoms with E-state index in [4.69, 9.17) is 61.6 Å². The Bertz CT molecular complexity index is 860. The minimum absolute atomic E-state index is 0.237. The second-order valence-corrected chi connectivity index (χ2v) is 11.1. The molecule has 0 aliphatic carbocycles. The number of carbonyl (C=O) groups is 1. The van der Waals surface area contributed by atoms with Gasteiger partial charge in [0, 0.05) is 13.1 Å². The average molecular weight is 751 g/mol. The molecule has 0 saturated heterocycles. The van der Waals surface area contributed by atoms with E-state index in [1.807, 2.05) is 44.4 Å². The first-order chi connectivity index (χ1) is 25.7. The molecule has 0 unspecified atom stereocenters. The van der Waals surface area contributed by atoms with Gasteiger partial charge in [-0.3, -0.25) is 0 Å². The van der Waals surface area contributed by atoms with E-state index in [-0.39, 0.29) is 6.61 Å². The summed E-state index contributed by atoms with van der Waals surface area (Å²) < 4.78 is 70.8. The SMILES string of the molecule is CN(C)CCOCCOCCOCCOCCOCCOCCOCCOCCOCCOCCOCCOCCNC(=O)OCc1ccccc1. The van der Waals surface area contributed by atoms with Gasteiger partial charge in [-0.05, 0) is 19.7 Å². The van der Waals surface area contributed by atoms with Crippen LogP contribution in [0.2, 0.25) is 0 Å². The second kappa shape index (κ2) is 40.2. The number of rotatable bonds is 41. The fourth-order valence-electron chi connectivity index (χ4n) is 3.77. The molecule has 0 aliphatic heterocycles. The molecule has 1 rings (SSSR count). The molecule has 0 atom stereocenters. The van der Waals surface area contributed by atoms with E-state index in [1.54, 1.807) is 0 Å². The number of amides is 1. The molecule has 1 aromatic rings. The first kappa shape index (κ1) is 48.0. The van der Waals surface area contributed by atoms with Crippen molar-refractivity contribution >= 4 is 6.09 Å². The first-order valence-corrected chi connectivity index (χ1v) is 18.2.